The first-order valence-corrected chi connectivity index (χ1v) is 8.91. The van der Waals surface area contributed by atoms with Gasteiger partial charge in [0.25, 0.3) is 0 Å². The molecule has 5 heteroatoms. The van der Waals surface area contributed by atoms with E-state index in [1.807, 2.05) is 48.3 Å². The molecule has 25 heavy (non-hydrogen) atoms. The standard InChI is InChI=1S/C20H16ClNO2S/c1-22(12-4-5-13-24-16-10-8-15(21)9-11-16)18-14-20(23)25-19-7-3-2-6-17(18)19/h2-3,6-11,14H,12-13H2,1H3. The zero-order chi connectivity index (χ0) is 17.6. The predicted molar refractivity (Wildman–Crippen MR) is 106 cm³/mol. The molecule has 0 N–H and O–H groups in total. The van der Waals surface area contributed by atoms with E-state index < -0.39 is 0 Å². The number of hydrogen-bond donors (Lipinski definition) is 0. The van der Waals surface area contributed by atoms with Gasteiger partial charge >= 0.3 is 0 Å². The van der Waals surface area contributed by atoms with Crippen molar-refractivity contribution in [1.82, 2.24) is 0 Å². The maximum atomic E-state index is 11.9. The van der Waals surface area contributed by atoms with Gasteiger partial charge in [0.2, 0.25) is 4.74 Å². The summed E-state index contributed by atoms with van der Waals surface area (Å²) in [5.41, 5.74) is 0.896. The highest BCUT2D eigenvalue weighted by molar-refractivity contribution is 7.16. The Morgan fingerprint density at radius 3 is 2.68 bits per heavy atom. The third-order valence-electron chi connectivity index (χ3n) is 3.61. The average Bonchev–Trinajstić information content (AvgIpc) is 2.62. The lowest BCUT2D eigenvalue weighted by molar-refractivity contribution is 0.370. The minimum Gasteiger partial charge on any atom is -0.481 e. The maximum absolute atomic E-state index is 11.9. The van der Waals surface area contributed by atoms with Gasteiger partial charge in [-0.15, -0.1) is 0 Å². The van der Waals surface area contributed by atoms with E-state index in [4.69, 9.17) is 16.3 Å². The second kappa shape index (κ2) is 8.06. The van der Waals surface area contributed by atoms with Crippen LogP contribution in [0.4, 0.5) is 5.69 Å². The molecule has 0 atom stereocenters. The summed E-state index contributed by atoms with van der Waals surface area (Å²) in [7, 11) is 1.93. The molecule has 0 fully saturated rings. The first kappa shape index (κ1) is 17.3. The zero-order valence-corrected chi connectivity index (χ0v) is 15.2. The molecule has 0 amide bonds. The molecule has 0 saturated heterocycles. The topological polar surface area (TPSA) is 29.5 Å². The van der Waals surface area contributed by atoms with Crippen LogP contribution in [-0.2, 0) is 0 Å². The fraction of sp³-hybridized carbons (Fsp3) is 0.150. The molecule has 0 aliphatic carbocycles. The summed E-state index contributed by atoms with van der Waals surface area (Å²) >= 11 is 7.09. The van der Waals surface area contributed by atoms with Crippen LogP contribution in [0.2, 0.25) is 5.02 Å². The van der Waals surface area contributed by atoms with E-state index >= 15 is 0 Å². The van der Waals surface area contributed by atoms with Gasteiger partial charge in [0.1, 0.15) is 12.4 Å². The number of halogens is 1. The Labute approximate surface area is 155 Å². The number of rotatable bonds is 4. The van der Waals surface area contributed by atoms with Crippen LogP contribution in [0.1, 0.15) is 0 Å². The van der Waals surface area contributed by atoms with Crippen molar-refractivity contribution in [1.29, 1.82) is 0 Å². The van der Waals surface area contributed by atoms with Crippen molar-refractivity contribution in [3.8, 4) is 17.6 Å². The fourth-order valence-electron chi connectivity index (χ4n) is 2.37. The highest BCUT2D eigenvalue weighted by Gasteiger charge is 2.07. The van der Waals surface area contributed by atoms with Crippen LogP contribution in [0.3, 0.4) is 0 Å². The summed E-state index contributed by atoms with van der Waals surface area (Å²) in [5.74, 6) is 6.80. The molecule has 0 saturated carbocycles. The minimum atomic E-state index is 0.0413. The molecular weight excluding hydrogens is 354 g/mol. The van der Waals surface area contributed by atoms with Crippen molar-refractivity contribution in [3.05, 3.63) is 69.2 Å². The van der Waals surface area contributed by atoms with Gasteiger partial charge in [-0.3, -0.25) is 4.79 Å². The van der Waals surface area contributed by atoms with Gasteiger partial charge < -0.3 is 9.64 Å². The Morgan fingerprint density at radius 2 is 1.88 bits per heavy atom. The van der Waals surface area contributed by atoms with Crippen LogP contribution >= 0.6 is 22.9 Å². The zero-order valence-electron chi connectivity index (χ0n) is 13.7. The number of hydrogen-bond acceptors (Lipinski definition) is 4. The summed E-state index contributed by atoms with van der Waals surface area (Å²) in [6.45, 7) is 0.821. The highest BCUT2D eigenvalue weighted by Crippen LogP contribution is 2.26. The van der Waals surface area contributed by atoms with Crippen molar-refractivity contribution < 1.29 is 4.74 Å². The van der Waals surface area contributed by atoms with Crippen molar-refractivity contribution >= 4 is 38.7 Å². The lowest BCUT2D eigenvalue weighted by atomic mass is 10.2. The summed E-state index contributed by atoms with van der Waals surface area (Å²) in [5, 5.41) is 1.74. The maximum Gasteiger partial charge on any atom is 0.234 e. The average molecular weight is 370 g/mol. The summed E-state index contributed by atoms with van der Waals surface area (Å²) < 4.78 is 6.56. The molecule has 0 radical (unpaired) electrons. The largest absolute Gasteiger partial charge is 0.481 e. The van der Waals surface area contributed by atoms with Crippen LogP contribution in [0.5, 0.6) is 5.75 Å². The van der Waals surface area contributed by atoms with Gasteiger partial charge in [-0.1, -0.05) is 53.0 Å². The fourth-order valence-corrected chi connectivity index (χ4v) is 3.31. The first-order chi connectivity index (χ1) is 12.1. The predicted octanol–water partition coefficient (Wildman–Crippen LogP) is 4.43. The van der Waals surface area contributed by atoms with Gasteiger partial charge in [-0.2, -0.15) is 0 Å². The highest BCUT2D eigenvalue weighted by atomic mass is 35.5. The van der Waals surface area contributed by atoms with Crippen molar-refractivity contribution in [2.45, 2.75) is 0 Å². The lowest BCUT2D eigenvalue weighted by Gasteiger charge is -2.17. The quantitative estimate of drug-likeness (QED) is 0.637. The van der Waals surface area contributed by atoms with E-state index in [9.17, 15) is 4.79 Å². The molecule has 1 heterocycles. The van der Waals surface area contributed by atoms with Gasteiger partial charge in [-0.05, 0) is 30.3 Å². The SMILES string of the molecule is CN(CC#CCOc1ccc(Cl)cc1)c1cc(=O)sc2ccccc12. The Hall–Kier alpha value is -2.48. The molecule has 126 valence electrons. The molecule has 1 aromatic heterocycles. The number of nitrogens with zero attached hydrogens (tertiary/aromatic N) is 1. The molecule has 0 spiro atoms. The van der Waals surface area contributed by atoms with Gasteiger partial charge in [0.15, 0.2) is 0 Å². The van der Waals surface area contributed by atoms with Crippen molar-refractivity contribution in [2.24, 2.45) is 0 Å². The van der Waals surface area contributed by atoms with Crippen LogP contribution in [0.25, 0.3) is 10.1 Å². The third kappa shape index (κ3) is 4.54. The number of anilines is 1. The Balaban J connectivity index is 1.64. The van der Waals surface area contributed by atoms with E-state index in [0.29, 0.717) is 18.2 Å². The second-order valence-electron chi connectivity index (χ2n) is 5.40. The molecule has 3 aromatic rings. The second-order valence-corrected chi connectivity index (χ2v) is 6.88. The molecule has 0 unspecified atom stereocenters. The van der Waals surface area contributed by atoms with Crippen molar-refractivity contribution in [3.63, 3.8) is 0 Å². The Bertz CT molecular complexity index is 986. The number of benzene rings is 2. The van der Waals surface area contributed by atoms with E-state index in [0.717, 1.165) is 21.5 Å². The normalized spacial score (nSPS) is 10.2. The van der Waals surface area contributed by atoms with Gasteiger partial charge in [0.05, 0.1) is 12.2 Å². The van der Waals surface area contributed by atoms with E-state index in [2.05, 4.69) is 11.8 Å². The van der Waals surface area contributed by atoms with E-state index in [-0.39, 0.29) is 4.74 Å². The van der Waals surface area contributed by atoms with Crippen molar-refractivity contribution in [2.75, 3.05) is 25.1 Å². The monoisotopic (exact) mass is 369 g/mol. The van der Waals surface area contributed by atoms with Crippen LogP contribution in [0, 0.1) is 11.8 Å². The van der Waals surface area contributed by atoms with Gasteiger partial charge in [-0.25, -0.2) is 0 Å². The molecule has 0 bridgehead atoms. The minimum absolute atomic E-state index is 0.0413. The summed E-state index contributed by atoms with van der Waals surface area (Å²) in [6, 6.07) is 16.7. The summed E-state index contributed by atoms with van der Waals surface area (Å²) in [4.78, 5) is 13.9. The molecule has 3 rings (SSSR count). The molecular formula is C20H16ClNO2S. The lowest BCUT2D eigenvalue weighted by Crippen LogP contribution is -2.18. The molecule has 0 aliphatic rings. The van der Waals surface area contributed by atoms with Crippen LogP contribution < -0.4 is 14.4 Å². The number of fused-ring (bicyclic) bond motifs is 1. The Morgan fingerprint density at radius 1 is 1.12 bits per heavy atom. The third-order valence-corrected chi connectivity index (χ3v) is 4.75. The Kier molecular flexibility index (Phi) is 5.60. The first-order valence-electron chi connectivity index (χ1n) is 7.71. The van der Waals surface area contributed by atoms with Crippen LogP contribution in [0.15, 0.2) is 59.4 Å². The van der Waals surface area contributed by atoms with E-state index in [1.165, 1.54) is 11.3 Å². The van der Waals surface area contributed by atoms with E-state index in [1.54, 1.807) is 18.2 Å². The van der Waals surface area contributed by atoms with Crippen LogP contribution in [-0.4, -0.2) is 20.2 Å². The molecule has 2 aromatic carbocycles. The number of ether oxygens (including phenoxy) is 1. The molecule has 0 aliphatic heterocycles. The molecule has 3 nitrogen and oxygen atoms in total. The smallest absolute Gasteiger partial charge is 0.234 e. The summed E-state index contributed by atoms with van der Waals surface area (Å²) in [6.07, 6.45) is 0. The van der Waals surface area contributed by atoms with Gasteiger partial charge in [0, 0.05) is 28.2 Å².